The summed E-state index contributed by atoms with van der Waals surface area (Å²) in [6, 6.07) is 16.3. The molecular weight excluding hydrogens is 340 g/mol. The maximum absolute atomic E-state index is 2.71. The number of nitrogens with zero attached hydrogens (tertiary/aromatic N) is 2. The van der Waals surface area contributed by atoms with Gasteiger partial charge in [-0.25, -0.2) is 0 Å². The fraction of sp³-hybridized carbons (Fsp3) is 0.538. The van der Waals surface area contributed by atoms with Crippen LogP contribution in [-0.2, 0) is 11.8 Å². The maximum Gasteiger partial charge on any atom is 0.113 e. The number of aryl methyl sites for hydroxylation is 1. The fourth-order valence-electron chi connectivity index (χ4n) is 7.09. The van der Waals surface area contributed by atoms with Crippen molar-refractivity contribution in [2.45, 2.75) is 77.3 Å². The summed E-state index contributed by atoms with van der Waals surface area (Å²) in [5.41, 5.74) is 8.17. The molecular formula is C26H34N2. The van der Waals surface area contributed by atoms with E-state index in [1.807, 2.05) is 0 Å². The Bertz CT molecular complexity index is 895. The standard InChI is InChI=1S/C26H34N2/c1-5-8-12-19-13-11-16-22-23(19)27(4)24-26(7-3)18-17-25(26,6-2)20-14-9-10-15-21(20)28(22)24/h9-11,13-16,24H,5-8,12,17-18H2,1-4H3. The van der Waals surface area contributed by atoms with E-state index in [0.717, 1.165) is 0 Å². The molecule has 2 aromatic carbocycles. The molecule has 3 atom stereocenters. The zero-order valence-electron chi connectivity index (χ0n) is 18.0. The third-order valence-electron chi connectivity index (χ3n) is 8.48. The SMILES string of the molecule is CCCCc1cccc2c1N(C)C1N2c2ccccc2C2(CC)CCC12CC. The van der Waals surface area contributed by atoms with E-state index in [9.17, 15) is 0 Å². The first-order valence-corrected chi connectivity index (χ1v) is 11.4. The Hall–Kier alpha value is -1.96. The number of hydrogen-bond donors (Lipinski definition) is 0. The second-order valence-corrected chi connectivity index (χ2v) is 9.21. The van der Waals surface area contributed by atoms with E-state index in [2.05, 4.69) is 80.1 Å². The van der Waals surface area contributed by atoms with Crippen molar-refractivity contribution >= 4 is 17.1 Å². The van der Waals surface area contributed by atoms with Crippen LogP contribution in [0.1, 0.15) is 70.4 Å². The molecule has 1 saturated carbocycles. The first-order valence-electron chi connectivity index (χ1n) is 11.4. The predicted octanol–water partition coefficient (Wildman–Crippen LogP) is 6.79. The van der Waals surface area contributed by atoms with Gasteiger partial charge in [-0.3, -0.25) is 0 Å². The summed E-state index contributed by atoms with van der Waals surface area (Å²) in [6.45, 7) is 7.15. The molecule has 2 aliphatic heterocycles. The molecule has 2 nitrogen and oxygen atoms in total. The van der Waals surface area contributed by atoms with E-state index in [1.54, 1.807) is 5.56 Å². The van der Waals surface area contributed by atoms with E-state index in [-0.39, 0.29) is 0 Å². The molecule has 0 saturated heterocycles. The quantitative estimate of drug-likeness (QED) is 0.568. The highest BCUT2D eigenvalue weighted by Crippen LogP contribution is 2.71. The lowest BCUT2D eigenvalue weighted by molar-refractivity contribution is -0.0467. The van der Waals surface area contributed by atoms with Gasteiger partial charge in [0.25, 0.3) is 0 Å². The lowest BCUT2D eigenvalue weighted by Crippen LogP contribution is -2.69. The van der Waals surface area contributed by atoms with Gasteiger partial charge in [0.2, 0.25) is 0 Å². The number of para-hydroxylation sites is 2. The van der Waals surface area contributed by atoms with Gasteiger partial charge < -0.3 is 9.80 Å². The van der Waals surface area contributed by atoms with Gasteiger partial charge in [0.1, 0.15) is 6.17 Å². The summed E-state index contributed by atoms with van der Waals surface area (Å²) >= 11 is 0. The molecule has 3 aliphatic rings. The Labute approximate surface area is 170 Å². The zero-order chi connectivity index (χ0) is 19.5. The number of benzene rings is 2. The second kappa shape index (κ2) is 6.27. The Morgan fingerprint density at radius 3 is 2.39 bits per heavy atom. The highest BCUT2D eigenvalue weighted by atomic mass is 15.4. The minimum Gasteiger partial charge on any atom is -0.352 e. The third kappa shape index (κ3) is 1.94. The average molecular weight is 375 g/mol. The summed E-state index contributed by atoms with van der Waals surface area (Å²) < 4.78 is 0. The topological polar surface area (TPSA) is 6.48 Å². The molecule has 0 aromatic heterocycles. The number of rotatable bonds is 5. The van der Waals surface area contributed by atoms with Crippen LogP contribution in [-0.4, -0.2) is 13.2 Å². The molecule has 0 bridgehead atoms. The van der Waals surface area contributed by atoms with Crippen LogP contribution in [0.4, 0.5) is 17.1 Å². The molecule has 0 amide bonds. The Morgan fingerprint density at radius 1 is 0.929 bits per heavy atom. The van der Waals surface area contributed by atoms with Crippen LogP contribution in [0.15, 0.2) is 42.5 Å². The molecule has 5 rings (SSSR count). The first kappa shape index (κ1) is 18.1. The van der Waals surface area contributed by atoms with Crippen molar-refractivity contribution in [1.29, 1.82) is 0 Å². The van der Waals surface area contributed by atoms with Crippen molar-refractivity contribution < 1.29 is 0 Å². The maximum atomic E-state index is 2.71. The third-order valence-corrected chi connectivity index (χ3v) is 8.48. The fourth-order valence-corrected chi connectivity index (χ4v) is 7.09. The molecule has 28 heavy (non-hydrogen) atoms. The average Bonchev–Trinajstić information content (AvgIpc) is 3.01. The summed E-state index contributed by atoms with van der Waals surface area (Å²) in [4.78, 5) is 5.36. The molecule has 2 heterocycles. The van der Waals surface area contributed by atoms with E-state index < -0.39 is 0 Å². The van der Waals surface area contributed by atoms with Crippen LogP contribution in [0.25, 0.3) is 0 Å². The molecule has 148 valence electrons. The van der Waals surface area contributed by atoms with Gasteiger partial charge in [0, 0.05) is 23.6 Å². The molecule has 2 aromatic rings. The molecule has 0 spiro atoms. The van der Waals surface area contributed by atoms with Crippen molar-refractivity contribution in [3.05, 3.63) is 53.6 Å². The summed E-state index contributed by atoms with van der Waals surface area (Å²) in [6.07, 6.45) is 9.32. The van der Waals surface area contributed by atoms with Crippen LogP contribution in [0.3, 0.4) is 0 Å². The smallest absolute Gasteiger partial charge is 0.113 e. The van der Waals surface area contributed by atoms with Crippen LogP contribution >= 0.6 is 0 Å². The second-order valence-electron chi connectivity index (χ2n) is 9.21. The molecule has 2 heteroatoms. The number of fused-ring (bicyclic) bond motifs is 8. The number of hydrogen-bond acceptors (Lipinski definition) is 2. The monoisotopic (exact) mass is 374 g/mol. The van der Waals surface area contributed by atoms with E-state index in [1.165, 1.54) is 67.6 Å². The lowest BCUT2D eigenvalue weighted by atomic mass is 9.42. The molecule has 1 aliphatic carbocycles. The van der Waals surface area contributed by atoms with E-state index in [4.69, 9.17) is 0 Å². The van der Waals surface area contributed by atoms with Crippen molar-refractivity contribution in [3.63, 3.8) is 0 Å². The molecule has 0 N–H and O–H groups in total. The van der Waals surface area contributed by atoms with Crippen LogP contribution in [0, 0.1) is 5.41 Å². The van der Waals surface area contributed by atoms with Gasteiger partial charge in [-0.05, 0) is 61.8 Å². The van der Waals surface area contributed by atoms with Gasteiger partial charge in [-0.15, -0.1) is 0 Å². The van der Waals surface area contributed by atoms with Gasteiger partial charge in [-0.2, -0.15) is 0 Å². The molecule has 3 unspecified atom stereocenters. The Kier molecular flexibility index (Phi) is 4.05. The van der Waals surface area contributed by atoms with Crippen molar-refractivity contribution in [1.82, 2.24) is 0 Å². The normalized spacial score (nSPS) is 29.6. The van der Waals surface area contributed by atoms with Crippen molar-refractivity contribution in [3.8, 4) is 0 Å². The van der Waals surface area contributed by atoms with Gasteiger partial charge in [0.15, 0.2) is 0 Å². The van der Waals surface area contributed by atoms with Crippen molar-refractivity contribution in [2.24, 2.45) is 5.41 Å². The Morgan fingerprint density at radius 2 is 1.71 bits per heavy atom. The Balaban J connectivity index is 1.75. The van der Waals surface area contributed by atoms with Crippen LogP contribution < -0.4 is 9.80 Å². The number of anilines is 3. The number of unbranched alkanes of at least 4 members (excludes halogenated alkanes) is 1. The minimum atomic E-state index is 0.333. The predicted molar refractivity (Wildman–Crippen MR) is 120 cm³/mol. The van der Waals surface area contributed by atoms with E-state index >= 15 is 0 Å². The lowest BCUT2D eigenvalue weighted by Gasteiger charge is -2.68. The molecule has 0 radical (unpaired) electrons. The van der Waals surface area contributed by atoms with Gasteiger partial charge in [-0.1, -0.05) is 57.5 Å². The van der Waals surface area contributed by atoms with Crippen LogP contribution in [0.5, 0.6) is 0 Å². The van der Waals surface area contributed by atoms with Crippen molar-refractivity contribution in [2.75, 3.05) is 16.8 Å². The first-order chi connectivity index (χ1) is 13.6. The summed E-state index contributed by atoms with van der Waals surface area (Å²) in [7, 11) is 2.36. The zero-order valence-corrected chi connectivity index (χ0v) is 18.0. The van der Waals surface area contributed by atoms with E-state index in [0.29, 0.717) is 17.0 Å². The molecule has 1 fully saturated rings. The summed E-state index contributed by atoms with van der Waals surface area (Å²) in [5, 5.41) is 0. The largest absolute Gasteiger partial charge is 0.352 e. The highest BCUT2D eigenvalue weighted by Gasteiger charge is 2.68. The van der Waals surface area contributed by atoms with Gasteiger partial charge in [0.05, 0.1) is 11.4 Å². The van der Waals surface area contributed by atoms with Crippen LogP contribution in [0.2, 0.25) is 0 Å². The highest BCUT2D eigenvalue weighted by molar-refractivity contribution is 5.89. The minimum absolute atomic E-state index is 0.333. The van der Waals surface area contributed by atoms with Gasteiger partial charge >= 0.3 is 0 Å². The summed E-state index contributed by atoms with van der Waals surface area (Å²) in [5.74, 6) is 0.